The van der Waals surface area contributed by atoms with Crippen LogP contribution in [0.25, 0.3) is 5.82 Å². The molecular weight excluding hydrogens is 312 g/mol. The van der Waals surface area contributed by atoms with E-state index in [-0.39, 0.29) is 11.9 Å². The average molecular weight is 332 g/mol. The molecule has 0 aliphatic carbocycles. The third-order valence-electron chi connectivity index (χ3n) is 4.70. The molecule has 3 heterocycles. The van der Waals surface area contributed by atoms with Crippen molar-refractivity contribution in [1.29, 1.82) is 0 Å². The molecule has 1 amide bonds. The Morgan fingerprint density at radius 1 is 1.20 bits per heavy atom. The van der Waals surface area contributed by atoms with Crippen molar-refractivity contribution in [3.8, 4) is 5.82 Å². The molecule has 2 aromatic heterocycles. The summed E-state index contributed by atoms with van der Waals surface area (Å²) in [6.07, 6.45) is 8.92. The van der Waals surface area contributed by atoms with Crippen LogP contribution >= 0.6 is 0 Å². The molecule has 1 unspecified atom stereocenters. The third-order valence-corrected chi connectivity index (χ3v) is 4.70. The molecule has 126 valence electrons. The standard InChI is InChI=1S/C20H20N4O/c1-15-4-2-5-16(12-15)18-6-3-10-24(18)20(25)17-7-8-22-19(13-17)23-11-9-21-14-23/h2,4-5,7-9,11-14,18H,3,6,10H2,1H3. The van der Waals surface area contributed by atoms with Crippen LogP contribution in [0.1, 0.15) is 40.4 Å². The molecule has 1 aliphatic heterocycles. The Morgan fingerprint density at radius 2 is 2.12 bits per heavy atom. The van der Waals surface area contributed by atoms with Crippen LogP contribution < -0.4 is 0 Å². The summed E-state index contributed by atoms with van der Waals surface area (Å²) < 4.78 is 1.80. The molecule has 0 saturated carbocycles. The number of imidazole rings is 1. The number of benzene rings is 1. The fraction of sp³-hybridized carbons (Fsp3) is 0.250. The van der Waals surface area contributed by atoms with Gasteiger partial charge in [-0.1, -0.05) is 29.8 Å². The number of pyridine rings is 1. The van der Waals surface area contributed by atoms with Crippen molar-refractivity contribution in [3.63, 3.8) is 0 Å². The number of likely N-dealkylation sites (tertiary alicyclic amines) is 1. The summed E-state index contributed by atoms with van der Waals surface area (Å²) in [4.78, 5) is 23.5. The van der Waals surface area contributed by atoms with Crippen molar-refractivity contribution < 1.29 is 4.79 Å². The Bertz CT molecular complexity index is 888. The van der Waals surface area contributed by atoms with E-state index in [0.29, 0.717) is 11.4 Å². The molecule has 0 radical (unpaired) electrons. The van der Waals surface area contributed by atoms with E-state index in [1.54, 1.807) is 29.4 Å². The lowest BCUT2D eigenvalue weighted by atomic mass is 10.0. The van der Waals surface area contributed by atoms with E-state index in [0.717, 1.165) is 19.4 Å². The van der Waals surface area contributed by atoms with Gasteiger partial charge in [-0.15, -0.1) is 0 Å². The van der Waals surface area contributed by atoms with Gasteiger partial charge in [0.15, 0.2) is 0 Å². The Morgan fingerprint density at radius 3 is 2.92 bits per heavy atom. The van der Waals surface area contributed by atoms with Crippen LogP contribution in [0.3, 0.4) is 0 Å². The molecule has 1 aromatic carbocycles. The molecule has 0 N–H and O–H groups in total. The normalized spacial score (nSPS) is 17.0. The number of hydrogen-bond acceptors (Lipinski definition) is 3. The van der Waals surface area contributed by atoms with Gasteiger partial charge in [0.25, 0.3) is 5.91 Å². The fourth-order valence-electron chi connectivity index (χ4n) is 3.49. The van der Waals surface area contributed by atoms with Crippen LogP contribution in [0.4, 0.5) is 0 Å². The zero-order valence-electron chi connectivity index (χ0n) is 14.2. The van der Waals surface area contributed by atoms with E-state index in [1.165, 1.54) is 11.1 Å². The molecule has 4 rings (SSSR count). The van der Waals surface area contributed by atoms with Gasteiger partial charge in [-0.05, 0) is 37.5 Å². The molecule has 5 heteroatoms. The molecular formula is C20H20N4O. The van der Waals surface area contributed by atoms with Crippen LogP contribution in [0.15, 0.2) is 61.3 Å². The maximum absolute atomic E-state index is 13.1. The van der Waals surface area contributed by atoms with E-state index < -0.39 is 0 Å². The van der Waals surface area contributed by atoms with Crippen molar-refractivity contribution in [2.75, 3.05) is 6.54 Å². The number of aryl methyl sites for hydroxylation is 1. The van der Waals surface area contributed by atoms with E-state index in [2.05, 4.69) is 41.2 Å². The second-order valence-electron chi connectivity index (χ2n) is 6.44. The fourth-order valence-corrected chi connectivity index (χ4v) is 3.49. The lowest BCUT2D eigenvalue weighted by Crippen LogP contribution is -2.30. The Hall–Kier alpha value is -2.95. The minimum absolute atomic E-state index is 0.0628. The zero-order valence-corrected chi connectivity index (χ0v) is 14.2. The molecule has 5 nitrogen and oxygen atoms in total. The van der Waals surface area contributed by atoms with Crippen LogP contribution in [0.2, 0.25) is 0 Å². The molecule has 0 bridgehead atoms. The van der Waals surface area contributed by atoms with Crippen molar-refractivity contribution in [2.45, 2.75) is 25.8 Å². The lowest BCUT2D eigenvalue weighted by molar-refractivity contribution is 0.0735. The molecule has 25 heavy (non-hydrogen) atoms. The first-order chi connectivity index (χ1) is 12.2. The van der Waals surface area contributed by atoms with Crippen LogP contribution in [-0.4, -0.2) is 31.9 Å². The number of carbonyl (C=O) groups is 1. The number of amides is 1. The minimum Gasteiger partial charge on any atom is -0.332 e. The van der Waals surface area contributed by atoms with Crippen LogP contribution in [0.5, 0.6) is 0 Å². The number of rotatable bonds is 3. The van der Waals surface area contributed by atoms with E-state index in [4.69, 9.17) is 0 Å². The topological polar surface area (TPSA) is 51.0 Å². The van der Waals surface area contributed by atoms with Gasteiger partial charge in [0.2, 0.25) is 0 Å². The SMILES string of the molecule is Cc1cccc(C2CCCN2C(=O)c2ccnc(-n3ccnc3)c2)c1. The van der Waals surface area contributed by atoms with Crippen molar-refractivity contribution in [3.05, 3.63) is 78.0 Å². The van der Waals surface area contributed by atoms with Gasteiger partial charge in [0.1, 0.15) is 12.1 Å². The summed E-state index contributed by atoms with van der Waals surface area (Å²) >= 11 is 0. The van der Waals surface area contributed by atoms with Crippen molar-refractivity contribution >= 4 is 5.91 Å². The molecule has 0 spiro atoms. The second kappa shape index (κ2) is 6.51. The van der Waals surface area contributed by atoms with Crippen molar-refractivity contribution in [1.82, 2.24) is 19.4 Å². The first-order valence-corrected chi connectivity index (χ1v) is 8.54. The molecule has 1 aliphatic rings. The predicted molar refractivity (Wildman–Crippen MR) is 95.5 cm³/mol. The maximum atomic E-state index is 13.1. The average Bonchev–Trinajstić information content (AvgIpc) is 3.33. The first kappa shape index (κ1) is 15.6. The second-order valence-corrected chi connectivity index (χ2v) is 6.44. The quantitative estimate of drug-likeness (QED) is 0.737. The van der Waals surface area contributed by atoms with Gasteiger partial charge in [-0.3, -0.25) is 9.36 Å². The summed E-state index contributed by atoms with van der Waals surface area (Å²) in [7, 11) is 0. The van der Waals surface area contributed by atoms with Crippen molar-refractivity contribution in [2.24, 2.45) is 0 Å². The Balaban J connectivity index is 1.63. The zero-order chi connectivity index (χ0) is 17.2. The van der Waals surface area contributed by atoms with Crippen LogP contribution in [0, 0.1) is 6.92 Å². The van der Waals surface area contributed by atoms with Gasteiger partial charge in [0.05, 0.1) is 6.04 Å². The first-order valence-electron chi connectivity index (χ1n) is 8.54. The van der Waals surface area contributed by atoms with Gasteiger partial charge in [-0.25, -0.2) is 9.97 Å². The molecule has 1 atom stereocenters. The van der Waals surface area contributed by atoms with Crippen LogP contribution in [-0.2, 0) is 0 Å². The Kier molecular flexibility index (Phi) is 4.06. The summed E-state index contributed by atoms with van der Waals surface area (Å²) in [5, 5.41) is 0. The minimum atomic E-state index is 0.0628. The summed E-state index contributed by atoms with van der Waals surface area (Å²) in [6.45, 7) is 2.88. The summed E-state index contributed by atoms with van der Waals surface area (Å²) in [5.74, 6) is 0.766. The van der Waals surface area contributed by atoms with Gasteiger partial charge in [-0.2, -0.15) is 0 Å². The van der Waals surface area contributed by atoms with E-state index in [1.807, 2.05) is 17.2 Å². The number of nitrogens with zero attached hydrogens (tertiary/aromatic N) is 4. The van der Waals surface area contributed by atoms with Gasteiger partial charge in [0, 0.05) is 30.7 Å². The largest absolute Gasteiger partial charge is 0.332 e. The Labute approximate surface area is 147 Å². The monoisotopic (exact) mass is 332 g/mol. The van der Waals surface area contributed by atoms with E-state index >= 15 is 0 Å². The highest BCUT2D eigenvalue weighted by Gasteiger charge is 2.30. The highest BCUT2D eigenvalue weighted by Crippen LogP contribution is 2.33. The number of hydrogen-bond donors (Lipinski definition) is 0. The third kappa shape index (κ3) is 3.05. The molecule has 1 saturated heterocycles. The maximum Gasteiger partial charge on any atom is 0.254 e. The molecule has 3 aromatic rings. The highest BCUT2D eigenvalue weighted by atomic mass is 16.2. The number of carbonyl (C=O) groups excluding carboxylic acids is 1. The predicted octanol–water partition coefficient (Wildman–Crippen LogP) is 3.55. The highest BCUT2D eigenvalue weighted by molar-refractivity contribution is 5.95. The lowest BCUT2D eigenvalue weighted by Gasteiger charge is -2.25. The van der Waals surface area contributed by atoms with Gasteiger partial charge < -0.3 is 4.90 Å². The van der Waals surface area contributed by atoms with E-state index in [9.17, 15) is 4.79 Å². The van der Waals surface area contributed by atoms with Gasteiger partial charge >= 0.3 is 0 Å². The smallest absolute Gasteiger partial charge is 0.254 e. The summed E-state index contributed by atoms with van der Waals surface area (Å²) in [5.41, 5.74) is 3.11. The molecule has 1 fully saturated rings. The number of aromatic nitrogens is 3. The summed E-state index contributed by atoms with van der Waals surface area (Å²) in [6, 6.07) is 12.2.